The Morgan fingerprint density at radius 3 is 2.35 bits per heavy atom. The van der Waals surface area contributed by atoms with Crippen LogP contribution in [0.25, 0.3) is 0 Å². The van der Waals surface area contributed by atoms with Crippen molar-refractivity contribution < 1.29 is 9.53 Å². The van der Waals surface area contributed by atoms with Crippen molar-refractivity contribution >= 4 is 5.97 Å². The summed E-state index contributed by atoms with van der Waals surface area (Å²) in [4.78, 5) is 12.7. The Morgan fingerprint density at radius 2 is 1.80 bits per heavy atom. The van der Waals surface area contributed by atoms with Crippen LogP contribution in [0.15, 0.2) is 30.3 Å². The van der Waals surface area contributed by atoms with Crippen molar-refractivity contribution in [2.45, 2.75) is 45.6 Å². The summed E-state index contributed by atoms with van der Waals surface area (Å²) in [5.74, 6) is -0.0460. The number of piperidine rings is 1. The highest BCUT2D eigenvalue weighted by Gasteiger charge is 2.42. The minimum absolute atomic E-state index is 0.0460. The molecule has 1 saturated heterocycles. The van der Waals surface area contributed by atoms with Gasteiger partial charge < -0.3 is 10.1 Å². The van der Waals surface area contributed by atoms with E-state index in [9.17, 15) is 4.79 Å². The number of rotatable bonds is 3. The van der Waals surface area contributed by atoms with Crippen LogP contribution in [0.2, 0.25) is 0 Å². The summed E-state index contributed by atoms with van der Waals surface area (Å²) < 4.78 is 5.69. The van der Waals surface area contributed by atoms with Gasteiger partial charge in [-0.2, -0.15) is 0 Å². The molecule has 20 heavy (non-hydrogen) atoms. The predicted molar refractivity (Wildman–Crippen MR) is 80.5 cm³/mol. The highest BCUT2D eigenvalue weighted by molar-refractivity contribution is 5.78. The average Bonchev–Trinajstić information content (AvgIpc) is 2.39. The highest BCUT2D eigenvalue weighted by atomic mass is 16.6. The van der Waals surface area contributed by atoms with Crippen molar-refractivity contribution in [1.82, 2.24) is 5.32 Å². The Morgan fingerprint density at radius 1 is 1.20 bits per heavy atom. The second-order valence-corrected chi connectivity index (χ2v) is 6.69. The lowest BCUT2D eigenvalue weighted by molar-refractivity contribution is -0.169. The first-order valence-corrected chi connectivity index (χ1v) is 7.39. The average molecular weight is 275 g/mol. The fourth-order valence-electron chi connectivity index (χ4n) is 2.73. The Kier molecular flexibility index (Phi) is 4.48. The van der Waals surface area contributed by atoms with Gasteiger partial charge in [0.1, 0.15) is 5.60 Å². The number of esters is 1. The van der Waals surface area contributed by atoms with Gasteiger partial charge in [-0.05, 0) is 58.7 Å². The SMILES string of the molecule is CC(C)(C)OC(=O)C1(Cc2ccccc2)CCNCC1. The second kappa shape index (κ2) is 5.96. The van der Waals surface area contributed by atoms with E-state index in [4.69, 9.17) is 4.74 Å². The number of ether oxygens (including phenoxy) is 1. The molecule has 1 N–H and O–H groups in total. The van der Waals surface area contributed by atoms with Gasteiger partial charge in [0.25, 0.3) is 0 Å². The molecule has 1 aromatic rings. The maximum Gasteiger partial charge on any atom is 0.313 e. The number of benzene rings is 1. The summed E-state index contributed by atoms with van der Waals surface area (Å²) in [6.07, 6.45) is 2.46. The molecule has 0 atom stereocenters. The van der Waals surface area contributed by atoms with Crippen LogP contribution in [0.4, 0.5) is 0 Å². The molecule has 0 radical (unpaired) electrons. The molecular weight excluding hydrogens is 250 g/mol. The monoisotopic (exact) mass is 275 g/mol. The summed E-state index contributed by atoms with van der Waals surface area (Å²) in [6.45, 7) is 7.56. The van der Waals surface area contributed by atoms with Gasteiger partial charge in [-0.1, -0.05) is 30.3 Å². The maximum absolute atomic E-state index is 12.7. The summed E-state index contributed by atoms with van der Waals surface area (Å²) >= 11 is 0. The smallest absolute Gasteiger partial charge is 0.313 e. The first kappa shape index (κ1) is 15.0. The van der Waals surface area contributed by atoms with Gasteiger partial charge in [0, 0.05) is 0 Å². The van der Waals surface area contributed by atoms with E-state index in [-0.39, 0.29) is 11.4 Å². The van der Waals surface area contributed by atoms with E-state index in [1.807, 2.05) is 39.0 Å². The normalized spacial score (nSPS) is 18.6. The third kappa shape index (κ3) is 3.83. The van der Waals surface area contributed by atoms with Crippen molar-refractivity contribution in [3.05, 3.63) is 35.9 Å². The van der Waals surface area contributed by atoms with Gasteiger partial charge in [-0.25, -0.2) is 0 Å². The van der Waals surface area contributed by atoms with Gasteiger partial charge in [0.2, 0.25) is 0 Å². The molecule has 2 rings (SSSR count). The summed E-state index contributed by atoms with van der Waals surface area (Å²) in [7, 11) is 0. The van der Waals surface area contributed by atoms with Gasteiger partial charge in [-0.15, -0.1) is 0 Å². The maximum atomic E-state index is 12.7. The quantitative estimate of drug-likeness (QED) is 0.862. The molecule has 3 nitrogen and oxygen atoms in total. The molecular formula is C17H25NO2. The fraction of sp³-hybridized carbons (Fsp3) is 0.588. The number of nitrogens with one attached hydrogen (secondary N) is 1. The standard InChI is InChI=1S/C17H25NO2/c1-16(2,3)20-15(19)17(9-11-18-12-10-17)13-14-7-5-4-6-8-14/h4-8,18H,9-13H2,1-3H3. The molecule has 1 aliphatic rings. The van der Waals surface area contributed by atoms with Gasteiger partial charge >= 0.3 is 5.97 Å². The Hall–Kier alpha value is -1.35. The zero-order valence-electron chi connectivity index (χ0n) is 12.7. The van der Waals surface area contributed by atoms with Crippen LogP contribution in [0, 0.1) is 5.41 Å². The van der Waals surface area contributed by atoms with Crippen molar-refractivity contribution in [3.8, 4) is 0 Å². The van der Waals surface area contributed by atoms with E-state index in [0.717, 1.165) is 32.4 Å². The molecule has 110 valence electrons. The molecule has 0 bridgehead atoms. The molecule has 1 aliphatic heterocycles. The van der Waals surface area contributed by atoms with Crippen LogP contribution in [0.3, 0.4) is 0 Å². The van der Waals surface area contributed by atoms with E-state index in [1.54, 1.807) is 0 Å². The molecule has 0 amide bonds. The Balaban J connectivity index is 2.19. The van der Waals surface area contributed by atoms with E-state index in [0.29, 0.717) is 0 Å². The number of hydrogen-bond donors (Lipinski definition) is 1. The van der Waals surface area contributed by atoms with Crippen LogP contribution < -0.4 is 5.32 Å². The summed E-state index contributed by atoms with van der Waals surface area (Å²) in [6, 6.07) is 10.2. The molecule has 0 unspecified atom stereocenters. The zero-order chi connectivity index (χ0) is 14.6. The van der Waals surface area contributed by atoms with Crippen LogP contribution in [0.1, 0.15) is 39.2 Å². The minimum atomic E-state index is -0.425. The number of carbonyl (C=O) groups excluding carboxylic acids is 1. The molecule has 1 aromatic carbocycles. The molecule has 0 spiro atoms. The Labute approximate surface area is 121 Å². The van der Waals surface area contributed by atoms with E-state index < -0.39 is 5.60 Å². The van der Waals surface area contributed by atoms with Crippen molar-refractivity contribution in [3.63, 3.8) is 0 Å². The largest absolute Gasteiger partial charge is 0.460 e. The molecule has 1 fully saturated rings. The van der Waals surface area contributed by atoms with E-state index in [1.165, 1.54) is 5.56 Å². The molecule has 0 aromatic heterocycles. The lowest BCUT2D eigenvalue weighted by Crippen LogP contribution is -2.46. The van der Waals surface area contributed by atoms with Crippen LogP contribution in [-0.4, -0.2) is 24.7 Å². The third-order valence-electron chi connectivity index (χ3n) is 3.78. The highest BCUT2D eigenvalue weighted by Crippen LogP contribution is 2.35. The van der Waals surface area contributed by atoms with Crippen molar-refractivity contribution in [1.29, 1.82) is 0 Å². The summed E-state index contributed by atoms with van der Waals surface area (Å²) in [5.41, 5.74) is 0.409. The number of hydrogen-bond acceptors (Lipinski definition) is 3. The predicted octanol–water partition coefficient (Wildman–Crippen LogP) is 2.94. The van der Waals surface area contributed by atoms with Crippen molar-refractivity contribution in [2.75, 3.05) is 13.1 Å². The summed E-state index contributed by atoms with van der Waals surface area (Å²) in [5, 5.41) is 3.34. The molecule has 3 heteroatoms. The topological polar surface area (TPSA) is 38.3 Å². The Bertz CT molecular complexity index is 442. The minimum Gasteiger partial charge on any atom is -0.460 e. The number of carbonyl (C=O) groups is 1. The van der Waals surface area contributed by atoms with Gasteiger partial charge in [0.05, 0.1) is 5.41 Å². The fourth-order valence-corrected chi connectivity index (χ4v) is 2.73. The first-order chi connectivity index (χ1) is 9.41. The third-order valence-corrected chi connectivity index (χ3v) is 3.78. The van der Waals surface area contributed by atoms with Crippen molar-refractivity contribution in [2.24, 2.45) is 5.41 Å². The van der Waals surface area contributed by atoms with E-state index >= 15 is 0 Å². The second-order valence-electron chi connectivity index (χ2n) is 6.69. The lowest BCUT2D eigenvalue weighted by Gasteiger charge is -2.37. The van der Waals surface area contributed by atoms with Gasteiger partial charge in [0.15, 0.2) is 0 Å². The van der Waals surface area contributed by atoms with Crippen LogP contribution in [-0.2, 0) is 16.0 Å². The van der Waals surface area contributed by atoms with Crippen LogP contribution >= 0.6 is 0 Å². The van der Waals surface area contributed by atoms with Crippen LogP contribution in [0.5, 0.6) is 0 Å². The molecule has 0 saturated carbocycles. The van der Waals surface area contributed by atoms with E-state index in [2.05, 4.69) is 17.4 Å². The molecule has 0 aliphatic carbocycles. The zero-order valence-corrected chi connectivity index (χ0v) is 12.7. The van der Waals surface area contributed by atoms with Gasteiger partial charge in [-0.3, -0.25) is 4.79 Å². The first-order valence-electron chi connectivity index (χ1n) is 7.39. The molecule has 1 heterocycles. The lowest BCUT2D eigenvalue weighted by atomic mass is 9.74.